The number of hydrogen-bond acceptors (Lipinski definition) is 3. The van der Waals surface area contributed by atoms with Crippen LogP contribution in [0, 0.1) is 5.92 Å². The standard InChI is InChI=1S/C15H20BrN3O/c1-18-8-6-17-15(18)9-12-3-2-7-19(10-12)11-13-4-5-14(16)20-13/h4-6,8,12H,2-3,7,9-11H2,1H3/t12-/m0/s1. The number of furan rings is 1. The maximum absolute atomic E-state index is 5.61. The van der Waals surface area contributed by atoms with E-state index < -0.39 is 0 Å². The van der Waals surface area contributed by atoms with Crippen molar-refractivity contribution in [2.75, 3.05) is 13.1 Å². The number of aryl methyl sites for hydroxylation is 1. The van der Waals surface area contributed by atoms with Crippen LogP contribution < -0.4 is 0 Å². The van der Waals surface area contributed by atoms with E-state index in [9.17, 15) is 0 Å². The van der Waals surface area contributed by atoms with E-state index in [1.165, 1.54) is 18.7 Å². The van der Waals surface area contributed by atoms with E-state index in [-0.39, 0.29) is 0 Å². The zero-order valence-corrected chi connectivity index (χ0v) is 13.3. The lowest BCUT2D eigenvalue weighted by atomic mass is 9.94. The highest BCUT2D eigenvalue weighted by Gasteiger charge is 2.22. The maximum atomic E-state index is 5.61. The molecule has 0 aliphatic carbocycles. The molecule has 0 aromatic carbocycles. The van der Waals surface area contributed by atoms with Crippen LogP contribution in [0.2, 0.25) is 0 Å². The van der Waals surface area contributed by atoms with Gasteiger partial charge in [-0.3, -0.25) is 4.90 Å². The van der Waals surface area contributed by atoms with E-state index in [1.807, 2.05) is 24.5 Å². The van der Waals surface area contributed by atoms with Gasteiger partial charge < -0.3 is 8.98 Å². The van der Waals surface area contributed by atoms with Crippen molar-refractivity contribution in [3.63, 3.8) is 0 Å². The van der Waals surface area contributed by atoms with Gasteiger partial charge in [0.2, 0.25) is 0 Å². The van der Waals surface area contributed by atoms with Crippen molar-refractivity contribution in [2.24, 2.45) is 13.0 Å². The molecule has 4 nitrogen and oxygen atoms in total. The second-order valence-corrected chi connectivity index (χ2v) is 6.39. The number of nitrogens with zero attached hydrogens (tertiary/aromatic N) is 3. The molecule has 1 aliphatic heterocycles. The summed E-state index contributed by atoms with van der Waals surface area (Å²) in [7, 11) is 2.07. The molecule has 0 radical (unpaired) electrons. The Kier molecular flexibility index (Phi) is 4.27. The smallest absolute Gasteiger partial charge is 0.169 e. The summed E-state index contributed by atoms with van der Waals surface area (Å²) in [4.78, 5) is 6.93. The number of likely N-dealkylation sites (tertiary alicyclic amines) is 1. The molecule has 3 heterocycles. The van der Waals surface area contributed by atoms with Gasteiger partial charge in [-0.1, -0.05) is 0 Å². The second-order valence-electron chi connectivity index (χ2n) is 5.61. The van der Waals surface area contributed by atoms with Gasteiger partial charge in [0.25, 0.3) is 0 Å². The summed E-state index contributed by atoms with van der Waals surface area (Å²) in [5.41, 5.74) is 0. The molecule has 0 unspecified atom stereocenters. The lowest BCUT2D eigenvalue weighted by molar-refractivity contribution is 0.154. The molecule has 0 amide bonds. The van der Waals surface area contributed by atoms with Crippen molar-refractivity contribution in [1.82, 2.24) is 14.5 Å². The normalized spacial score (nSPS) is 20.4. The van der Waals surface area contributed by atoms with E-state index in [4.69, 9.17) is 4.42 Å². The van der Waals surface area contributed by atoms with Crippen molar-refractivity contribution in [3.8, 4) is 0 Å². The number of rotatable bonds is 4. The molecule has 20 heavy (non-hydrogen) atoms. The van der Waals surface area contributed by atoms with E-state index >= 15 is 0 Å². The Balaban J connectivity index is 1.57. The largest absolute Gasteiger partial charge is 0.453 e. The lowest BCUT2D eigenvalue weighted by Gasteiger charge is -2.32. The van der Waals surface area contributed by atoms with Gasteiger partial charge in [0.05, 0.1) is 6.54 Å². The van der Waals surface area contributed by atoms with Crippen LogP contribution in [0.25, 0.3) is 0 Å². The highest BCUT2D eigenvalue weighted by atomic mass is 79.9. The molecule has 1 atom stereocenters. The van der Waals surface area contributed by atoms with Gasteiger partial charge in [0, 0.05) is 32.4 Å². The van der Waals surface area contributed by atoms with Crippen LogP contribution in [-0.4, -0.2) is 27.5 Å². The summed E-state index contributed by atoms with van der Waals surface area (Å²) < 4.78 is 8.55. The van der Waals surface area contributed by atoms with Crippen LogP contribution in [0.15, 0.2) is 33.6 Å². The van der Waals surface area contributed by atoms with Crippen molar-refractivity contribution < 1.29 is 4.42 Å². The minimum Gasteiger partial charge on any atom is -0.453 e. The fourth-order valence-electron chi connectivity index (χ4n) is 2.97. The number of piperidine rings is 1. The number of imidazole rings is 1. The Morgan fingerprint density at radius 1 is 1.45 bits per heavy atom. The number of hydrogen-bond donors (Lipinski definition) is 0. The zero-order chi connectivity index (χ0) is 13.9. The van der Waals surface area contributed by atoms with Gasteiger partial charge in [0.15, 0.2) is 4.67 Å². The average molecular weight is 338 g/mol. The molecular formula is C15H20BrN3O. The summed E-state index contributed by atoms with van der Waals surface area (Å²) in [5.74, 6) is 2.93. The Hall–Kier alpha value is -1.07. The second kappa shape index (κ2) is 6.14. The van der Waals surface area contributed by atoms with Gasteiger partial charge in [-0.2, -0.15) is 0 Å². The van der Waals surface area contributed by atoms with Gasteiger partial charge in [-0.25, -0.2) is 4.98 Å². The average Bonchev–Trinajstić information content (AvgIpc) is 3.00. The number of halogens is 1. The minimum atomic E-state index is 0.697. The lowest BCUT2D eigenvalue weighted by Crippen LogP contribution is -2.35. The third-order valence-electron chi connectivity index (χ3n) is 4.00. The summed E-state index contributed by atoms with van der Waals surface area (Å²) in [6, 6.07) is 4.01. The molecule has 1 fully saturated rings. The molecule has 108 valence electrons. The molecule has 0 spiro atoms. The first-order valence-corrected chi connectivity index (χ1v) is 7.93. The third-order valence-corrected chi connectivity index (χ3v) is 4.43. The first-order chi connectivity index (χ1) is 9.70. The Morgan fingerprint density at radius 3 is 3.05 bits per heavy atom. The highest BCUT2D eigenvalue weighted by Crippen LogP contribution is 2.23. The molecule has 0 saturated carbocycles. The zero-order valence-electron chi connectivity index (χ0n) is 11.8. The van der Waals surface area contributed by atoms with Crippen LogP contribution in [0.3, 0.4) is 0 Å². The molecule has 2 aromatic rings. The predicted octanol–water partition coefficient (Wildman–Crippen LogP) is 3.23. The van der Waals surface area contributed by atoms with E-state index in [0.717, 1.165) is 36.5 Å². The molecule has 0 N–H and O–H groups in total. The SMILES string of the molecule is Cn1ccnc1C[C@@H]1CCCN(Cc2ccc(Br)o2)C1. The van der Waals surface area contributed by atoms with Crippen LogP contribution in [-0.2, 0) is 20.0 Å². The van der Waals surface area contributed by atoms with E-state index in [1.54, 1.807) is 0 Å². The molecule has 5 heteroatoms. The fraction of sp³-hybridized carbons (Fsp3) is 0.533. The van der Waals surface area contributed by atoms with Crippen molar-refractivity contribution >= 4 is 15.9 Å². The quantitative estimate of drug-likeness (QED) is 0.858. The van der Waals surface area contributed by atoms with E-state index in [0.29, 0.717) is 5.92 Å². The van der Waals surface area contributed by atoms with Crippen molar-refractivity contribution in [1.29, 1.82) is 0 Å². The van der Waals surface area contributed by atoms with Crippen LogP contribution in [0.4, 0.5) is 0 Å². The molecule has 1 saturated heterocycles. The minimum absolute atomic E-state index is 0.697. The van der Waals surface area contributed by atoms with Crippen molar-refractivity contribution in [3.05, 3.63) is 40.8 Å². The molecular weight excluding hydrogens is 318 g/mol. The van der Waals surface area contributed by atoms with Gasteiger partial charge >= 0.3 is 0 Å². The highest BCUT2D eigenvalue weighted by molar-refractivity contribution is 9.10. The first kappa shape index (κ1) is 13.9. The summed E-state index contributed by atoms with van der Waals surface area (Å²) in [5, 5.41) is 0. The first-order valence-electron chi connectivity index (χ1n) is 7.13. The topological polar surface area (TPSA) is 34.2 Å². The molecule has 2 aromatic heterocycles. The predicted molar refractivity (Wildman–Crippen MR) is 81.3 cm³/mol. The Bertz CT molecular complexity index is 563. The summed E-state index contributed by atoms with van der Waals surface area (Å²) in [6.07, 6.45) is 7.54. The fourth-order valence-corrected chi connectivity index (χ4v) is 3.31. The van der Waals surface area contributed by atoms with Crippen LogP contribution in [0.5, 0.6) is 0 Å². The summed E-state index contributed by atoms with van der Waals surface area (Å²) in [6.45, 7) is 3.20. The molecule has 1 aliphatic rings. The van der Waals surface area contributed by atoms with Gasteiger partial charge in [0.1, 0.15) is 11.6 Å². The Labute approximate surface area is 127 Å². The Morgan fingerprint density at radius 2 is 2.35 bits per heavy atom. The molecule has 3 rings (SSSR count). The monoisotopic (exact) mass is 337 g/mol. The molecule has 0 bridgehead atoms. The van der Waals surface area contributed by atoms with Crippen LogP contribution >= 0.6 is 15.9 Å². The third kappa shape index (κ3) is 3.33. The maximum Gasteiger partial charge on any atom is 0.169 e. The summed E-state index contributed by atoms with van der Waals surface area (Å²) >= 11 is 3.36. The van der Waals surface area contributed by atoms with Gasteiger partial charge in [-0.05, 0) is 53.4 Å². The number of aromatic nitrogens is 2. The van der Waals surface area contributed by atoms with Crippen molar-refractivity contribution in [2.45, 2.75) is 25.8 Å². The van der Waals surface area contributed by atoms with E-state index in [2.05, 4.69) is 37.4 Å². The van der Waals surface area contributed by atoms with Gasteiger partial charge in [-0.15, -0.1) is 0 Å². The van der Waals surface area contributed by atoms with Crippen LogP contribution in [0.1, 0.15) is 24.4 Å².